The Morgan fingerprint density at radius 2 is 0.743 bits per heavy atom. The maximum absolute atomic E-state index is 12.4. The molecule has 0 amide bonds. The minimum atomic E-state index is -1.35. The van der Waals surface area contributed by atoms with Crippen molar-refractivity contribution < 1.29 is 47.7 Å². The first kappa shape index (κ1) is 32.4. The van der Waals surface area contributed by atoms with Crippen LogP contribution < -0.4 is 0 Å². The second-order valence-corrected chi connectivity index (χ2v) is 8.13. The van der Waals surface area contributed by atoms with Crippen molar-refractivity contribution >= 4 is 29.8 Å². The number of rotatable bonds is 19. The predicted octanol–water partition coefficient (Wildman–Crippen LogP) is 3.81. The Balaban J connectivity index is 6.08. The molecule has 0 aromatic heterocycles. The summed E-state index contributed by atoms with van der Waals surface area (Å²) in [5, 5.41) is 0. The van der Waals surface area contributed by atoms with Gasteiger partial charge in [-0.2, -0.15) is 0 Å². The highest BCUT2D eigenvalue weighted by atomic mass is 16.6. The van der Waals surface area contributed by atoms with Crippen molar-refractivity contribution in [3.05, 3.63) is 0 Å². The largest absolute Gasteiger partial charge is 0.462 e. The molecule has 3 atom stereocenters. The lowest BCUT2D eigenvalue weighted by Crippen LogP contribution is -2.50. The van der Waals surface area contributed by atoms with Gasteiger partial charge < -0.3 is 23.7 Å². The van der Waals surface area contributed by atoms with E-state index in [1.54, 1.807) is 20.8 Å². The molecule has 0 aliphatic carbocycles. The van der Waals surface area contributed by atoms with Crippen LogP contribution in [0.3, 0.4) is 0 Å². The van der Waals surface area contributed by atoms with Gasteiger partial charge in [-0.25, -0.2) is 0 Å². The Morgan fingerprint density at radius 3 is 1.06 bits per heavy atom. The predicted molar refractivity (Wildman–Crippen MR) is 126 cm³/mol. The first-order chi connectivity index (χ1) is 16.7. The van der Waals surface area contributed by atoms with Gasteiger partial charge >= 0.3 is 29.8 Å². The second kappa shape index (κ2) is 19.6. The van der Waals surface area contributed by atoms with E-state index in [9.17, 15) is 24.0 Å². The van der Waals surface area contributed by atoms with Crippen LogP contribution in [0.25, 0.3) is 0 Å². The molecular formula is C25H42O10. The fourth-order valence-corrected chi connectivity index (χ4v) is 2.96. The van der Waals surface area contributed by atoms with E-state index in [1.807, 2.05) is 13.8 Å². The third kappa shape index (κ3) is 15.1. The van der Waals surface area contributed by atoms with Crippen LogP contribution in [-0.4, -0.2) is 61.4 Å². The van der Waals surface area contributed by atoms with Crippen LogP contribution >= 0.6 is 0 Å². The summed E-state index contributed by atoms with van der Waals surface area (Å²) in [4.78, 5) is 61.1. The summed E-state index contributed by atoms with van der Waals surface area (Å²) in [5.74, 6) is -2.84. The van der Waals surface area contributed by atoms with Crippen molar-refractivity contribution in [2.75, 3.05) is 13.2 Å². The van der Waals surface area contributed by atoms with Crippen LogP contribution in [0, 0.1) is 0 Å². The molecule has 0 aliphatic heterocycles. The Hall–Kier alpha value is -2.65. The van der Waals surface area contributed by atoms with Gasteiger partial charge in [0.05, 0.1) is 0 Å². The van der Waals surface area contributed by atoms with Crippen LogP contribution in [-0.2, 0) is 47.7 Å². The highest BCUT2D eigenvalue weighted by Gasteiger charge is 2.39. The molecule has 0 heterocycles. The molecule has 0 aromatic carbocycles. The molecule has 35 heavy (non-hydrogen) atoms. The molecular weight excluding hydrogens is 460 g/mol. The monoisotopic (exact) mass is 502 g/mol. The Kier molecular flexibility index (Phi) is 18.1. The van der Waals surface area contributed by atoms with Gasteiger partial charge in [-0.3, -0.25) is 24.0 Å². The quantitative estimate of drug-likeness (QED) is 0.190. The average molecular weight is 503 g/mol. The summed E-state index contributed by atoms with van der Waals surface area (Å²) in [6, 6.07) is 0. The summed E-state index contributed by atoms with van der Waals surface area (Å²) in [5.41, 5.74) is 0. The van der Waals surface area contributed by atoms with Gasteiger partial charge in [0.1, 0.15) is 13.2 Å². The highest BCUT2D eigenvalue weighted by molar-refractivity contribution is 5.72. The molecule has 0 rings (SSSR count). The number of hydrogen-bond donors (Lipinski definition) is 0. The first-order valence-corrected chi connectivity index (χ1v) is 12.6. The number of esters is 5. The van der Waals surface area contributed by atoms with Crippen molar-refractivity contribution in [2.45, 2.75) is 117 Å². The average Bonchev–Trinajstić information content (AvgIpc) is 2.79. The van der Waals surface area contributed by atoms with Crippen molar-refractivity contribution in [1.82, 2.24) is 0 Å². The van der Waals surface area contributed by atoms with E-state index in [4.69, 9.17) is 23.7 Å². The summed E-state index contributed by atoms with van der Waals surface area (Å²) in [7, 11) is 0. The molecule has 0 spiro atoms. The topological polar surface area (TPSA) is 132 Å². The fourth-order valence-electron chi connectivity index (χ4n) is 2.96. The van der Waals surface area contributed by atoms with Crippen LogP contribution in [0.5, 0.6) is 0 Å². The van der Waals surface area contributed by atoms with E-state index in [0.717, 1.165) is 0 Å². The first-order valence-electron chi connectivity index (χ1n) is 12.6. The lowest BCUT2D eigenvalue weighted by atomic mass is 10.1. The van der Waals surface area contributed by atoms with Crippen LogP contribution in [0.1, 0.15) is 98.8 Å². The van der Waals surface area contributed by atoms with E-state index in [1.165, 1.54) is 0 Å². The Labute approximate surface area is 208 Å². The van der Waals surface area contributed by atoms with E-state index in [2.05, 4.69) is 0 Å². The lowest BCUT2D eigenvalue weighted by molar-refractivity contribution is -0.197. The minimum Gasteiger partial charge on any atom is -0.462 e. The zero-order chi connectivity index (χ0) is 26.6. The van der Waals surface area contributed by atoms with Crippen LogP contribution in [0.4, 0.5) is 0 Å². The van der Waals surface area contributed by atoms with E-state index < -0.39 is 61.4 Å². The van der Waals surface area contributed by atoms with Gasteiger partial charge in [0.25, 0.3) is 0 Å². The maximum Gasteiger partial charge on any atom is 0.306 e. The number of carbonyl (C=O) groups excluding carboxylic acids is 5. The van der Waals surface area contributed by atoms with Crippen molar-refractivity contribution in [2.24, 2.45) is 0 Å². The SMILES string of the molecule is CCCC(=O)OC[C@H](OC(=O)CCC)C(OC(=O)CCC)[C@@H](COC(=O)CCC)OC(=O)CCC. The number of hydrogen-bond acceptors (Lipinski definition) is 10. The van der Waals surface area contributed by atoms with Crippen LogP contribution in [0.15, 0.2) is 0 Å². The van der Waals surface area contributed by atoms with Crippen molar-refractivity contribution in [3.8, 4) is 0 Å². The molecule has 0 saturated carbocycles. The summed E-state index contributed by atoms with van der Waals surface area (Å²) >= 11 is 0. The second-order valence-electron chi connectivity index (χ2n) is 8.13. The third-order valence-electron chi connectivity index (χ3n) is 4.65. The van der Waals surface area contributed by atoms with Crippen molar-refractivity contribution in [3.63, 3.8) is 0 Å². The molecule has 0 N–H and O–H groups in total. The zero-order valence-corrected chi connectivity index (χ0v) is 21.8. The Morgan fingerprint density at radius 1 is 0.457 bits per heavy atom. The standard InChI is InChI=1S/C25H42O10/c1-6-11-20(26)31-16-18(33-22(28)13-8-3)25(35-24(30)15-10-5)19(34-23(29)14-9-4)17-32-21(27)12-7-2/h18-19,25H,6-17H2,1-5H3/t18-,19+,25?. The van der Waals surface area contributed by atoms with Crippen molar-refractivity contribution in [1.29, 1.82) is 0 Å². The van der Waals surface area contributed by atoms with Gasteiger partial charge in [0.2, 0.25) is 0 Å². The number of ether oxygens (including phenoxy) is 5. The summed E-state index contributed by atoms with van der Waals surface area (Å²) in [6.45, 7) is 8.16. The van der Waals surface area contributed by atoms with Crippen LogP contribution in [0.2, 0.25) is 0 Å². The van der Waals surface area contributed by atoms with E-state index >= 15 is 0 Å². The van der Waals surface area contributed by atoms with Gasteiger partial charge in [0, 0.05) is 32.1 Å². The fraction of sp³-hybridized carbons (Fsp3) is 0.800. The molecule has 0 bridgehead atoms. The Bertz CT molecular complexity index is 615. The molecule has 0 saturated heterocycles. The molecule has 0 fully saturated rings. The lowest BCUT2D eigenvalue weighted by Gasteiger charge is -2.32. The smallest absolute Gasteiger partial charge is 0.306 e. The molecule has 0 aromatic rings. The maximum atomic E-state index is 12.4. The van der Waals surface area contributed by atoms with Gasteiger partial charge in [0.15, 0.2) is 18.3 Å². The molecule has 10 nitrogen and oxygen atoms in total. The summed E-state index contributed by atoms with van der Waals surface area (Å²) in [6.07, 6.45) is -0.733. The molecule has 0 aliphatic rings. The van der Waals surface area contributed by atoms with Gasteiger partial charge in [-0.15, -0.1) is 0 Å². The summed E-state index contributed by atoms with van der Waals surface area (Å²) < 4.78 is 27.1. The molecule has 10 heteroatoms. The third-order valence-corrected chi connectivity index (χ3v) is 4.65. The van der Waals surface area contributed by atoms with E-state index in [-0.39, 0.29) is 32.1 Å². The molecule has 1 unspecified atom stereocenters. The zero-order valence-electron chi connectivity index (χ0n) is 21.8. The molecule has 202 valence electrons. The van der Waals surface area contributed by atoms with E-state index in [0.29, 0.717) is 32.1 Å². The minimum absolute atomic E-state index is 0.0625. The van der Waals surface area contributed by atoms with Gasteiger partial charge in [-0.05, 0) is 32.1 Å². The normalized spacial score (nSPS) is 13.2. The number of carbonyl (C=O) groups is 5. The highest BCUT2D eigenvalue weighted by Crippen LogP contribution is 2.18. The molecule has 0 radical (unpaired) electrons. The van der Waals surface area contributed by atoms with Gasteiger partial charge in [-0.1, -0.05) is 34.6 Å².